The normalized spacial score (nSPS) is 11.4. The monoisotopic (exact) mass is 317 g/mol. The lowest BCUT2D eigenvalue weighted by atomic mass is 10.1. The van der Waals surface area contributed by atoms with Gasteiger partial charge in [-0.2, -0.15) is 5.10 Å². The number of benzene rings is 2. The molecular weight excluding hydrogens is 307 g/mol. The molecule has 2 nitrogen and oxygen atoms in total. The van der Waals surface area contributed by atoms with Crippen molar-refractivity contribution in [3.63, 3.8) is 0 Å². The number of hydrogen-bond donors (Lipinski definition) is 0. The van der Waals surface area contributed by atoms with Crippen molar-refractivity contribution >= 4 is 15.9 Å². The van der Waals surface area contributed by atoms with Crippen LogP contribution in [0.25, 0.3) is 16.9 Å². The van der Waals surface area contributed by atoms with Gasteiger partial charge in [-0.05, 0) is 54.6 Å². The summed E-state index contributed by atoms with van der Waals surface area (Å²) in [6.07, 6.45) is 1.64. The largest absolute Gasteiger partial charge is 0.240 e. The molecule has 3 rings (SSSR count). The van der Waals surface area contributed by atoms with E-state index in [0.29, 0.717) is 11.7 Å². The molecule has 0 bridgehead atoms. The summed E-state index contributed by atoms with van der Waals surface area (Å²) < 4.78 is 23.6. The van der Waals surface area contributed by atoms with Crippen molar-refractivity contribution in [2.75, 3.05) is 0 Å². The molecule has 0 amide bonds. The Hall–Kier alpha value is -1.94. The third-order valence-electron chi connectivity index (χ3n) is 2.74. The molecule has 2 aromatic carbocycles. The zero-order valence-corrected chi connectivity index (χ0v) is 11.4. The number of nitrogens with zero attached hydrogens (tertiary/aromatic N) is 2. The smallest absolute Gasteiger partial charge is 0.123 e. The summed E-state index contributed by atoms with van der Waals surface area (Å²) >= 11 is 3.38. The van der Waals surface area contributed by atoms with E-state index in [1.807, 2.05) is 24.3 Å². The van der Waals surface area contributed by atoms with Gasteiger partial charge in [0, 0.05) is 16.2 Å². The number of rotatable bonds is 2. The highest BCUT2D eigenvalue weighted by Gasteiger charge is 2.04. The van der Waals surface area contributed by atoms with Crippen LogP contribution in [-0.4, -0.2) is 9.78 Å². The standard InChI is InChI=1S/C15H10BrFN2/c16-12-3-7-14(8-4-12)19-10-9-15(18-19)11-1-5-13(17)6-2-11/h1-10H/i9D. The molecule has 0 saturated heterocycles. The minimum absolute atomic E-state index is 0.298. The summed E-state index contributed by atoms with van der Waals surface area (Å²) in [7, 11) is 0. The molecule has 0 spiro atoms. The van der Waals surface area contributed by atoms with Gasteiger partial charge in [0.2, 0.25) is 0 Å². The van der Waals surface area contributed by atoms with Crippen LogP contribution in [0.5, 0.6) is 0 Å². The van der Waals surface area contributed by atoms with E-state index in [9.17, 15) is 4.39 Å². The number of aromatic nitrogens is 2. The molecule has 0 aliphatic heterocycles. The fourth-order valence-corrected chi connectivity index (χ4v) is 2.03. The number of halogens is 2. The van der Waals surface area contributed by atoms with Gasteiger partial charge < -0.3 is 0 Å². The van der Waals surface area contributed by atoms with Crippen molar-refractivity contribution < 1.29 is 5.76 Å². The first-order chi connectivity index (χ1) is 9.63. The van der Waals surface area contributed by atoms with Gasteiger partial charge in [-0.1, -0.05) is 15.9 Å². The molecule has 0 N–H and O–H groups in total. The van der Waals surface area contributed by atoms with Crippen molar-refractivity contribution in [3.05, 3.63) is 71.1 Å². The molecule has 94 valence electrons. The van der Waals surface area contributed by atoms with E-state index in [0.717, 1.165) is 15.7 Å². The summed E-state index contributed by atoms with van der Waals surface area (Å²) in [6, 6.07) is 13.9. The second kappa shape index (κ2) is 4.97. The molecule has 4 heteroatoms. The van der Waals surface area contributed by atoms with Crippen LogP contribution in [0.1, 0.15) is 1.37 Å². The van der Waals surface area contributed by atoms with Crippen molar-refractivity contribution in [1.29, 1.82) is 0 Å². The van der Waals surface area contributed by atoms with Crippen molar-refractivity contribution in [3.8, 4) is 16.9 Å². The molecule has 1 aromatic heterocycles. The van der Waals surface area contributed by atoms with Crippen LogP contribution in [0.4, 0.5) is 4.39 Å². The lowest BCUT2D eigenvalue weighted by Gasteiger charge is -2.01. The zero-order chi connectivity index (χ0) is 14.1. The zero-order valence-electron chi connectivity index (χ0n) is 10.8. The first-order valence-corrected chi connectivity index (χ1v) is 6.51. The molecule has 0 aliphatic carbocycles. The van der Waals surface area contributed by atoms with Gasteiger partial charge in [0.25, 0.3) is 0 Å². The first kappa shape index (κ1) is 10.9. The Morgan fingerprint density at radius 3 is 2.42 bits per heavy atom. The molecule has 3 aromatic rings. The van der Waals surface area contributed by atoms with Crippen LogP contribution in [0.15, 0.2) is 65.2 Å². The van der Waals surface area contributed by atoms with Gasteiger partial charge in [-0.15, -0.1) is 0 Å². The van der Waals surface area contributed by atoms with Crippen LogP contribution in [0.2, 0.25) is 0 Å². The molecule has 0 unspecified atom stereocenters. The predicted octanol–water partition coefficient (Wildman–Crippen LogP) is 4.44. The highest BCUT2D eigenvalue weighted by Crippen LogP contribution is 2.19. The molecular formula is C15H10BrFN2. The Morgan fingerprint density at radius 2 is 1.74 bits per heavy atom. The van der Waals surface area contributed by atoms with Gasteiger partial charge in [0.15, 0.2) is 0 Å². The van der Waals surface area contributed by atoms with Crippen LogP contribution in [0, 0.1) is 5.82 Å². The predicted molar refractivity (Wildman–Crippen MR) is 76.7 cm³/mol. The minimum atomic E-state index is -0.298. The Balaban J connectivity index is 2.02. The molecule has 0 fully saturated rings. The minimum Gasteiger partial charge on any atom is -0.240 e. The van der Waals surface area contributed by atoms with E-state index >= 15 is 0 Å². The summed E-state index contributed by atoms with van der Waals surface area (Å²) in [5, 5.41) is 4.40. The molecule has 19 heavy (non-hydrogen) atoms. The SMILES string of the molecule is [2H]c1cn(-c2ccc(Br)cc2)nc1-c1ccc(F)cc1. The van der Waals surface area contributed by atoms with Gasteiger partial charge in [-0.25, -0.2) is 9.07 Å². The van der Waals surface area contributed by atoms with E-state index in [2.05, 4.69) is 21.0 Å². The van der Waals surface area contributed by atoms with Crippen LogP contribution in [-0.2, 0) is 0 Å². The van der Waals surface area contributed by atoms with E-state index in [1.165, 1.54) is 12.1 Å². The Kier molecular flexibility index (Phi) is 2.86. The van der Waals surface area contributed by atoms with Crippen molar-refractivity contribution in [1.82, 2.24) is 9.78 Å². The summed E-state index contributed by atoms with van der Waals surface area (Å²) in [6.45, 7) is 0. The maximum absolute atomic E-state index is 12.9. The summed E-state index contributed by atoms with van der Waals surface area (Å²) in [5.41, 5.74) is 2.13. The highest BCUT2D eigenvalue weighted by atomic mass is 79.9. The van der Waals surface area contributed by atoms with E-state index in [4.69, 9.17) is 1.37 Å². The van der Waals surface area contributed by atoms with Crippen LogP contribution >= 0.6 is 15.9 Å². The topological polar surface area (TPSA) is 17.8 Å². The quantitative estimate of drug-likeness (QED) is 0.683. The van der Waals surface area contributed by atoms with E-state index in [1.54, 1.807) is 23.0 Å². The molecule has 0 atom stereocenters. The summed E-state index contributed by atoms with van der Waals surface area (Å²) in [4.78, 5) is 0. The van der Waals surface area contributed by atoms with Crippen molar-refractivity contribution in [2.24, 2.45) is 0 Å². The Labute approximate surface area is 120 Å². The first-order valence-electron chi connectivity index (χ1n) is 6.21. The second-order valence-electron chi connectivity index (χ2n) is 4.05. The Morgan fingerprint density at radius 1 is 1.05 bits per heavy atom. The van der Waals surface area contributed by atoms with Crippen molar-refractivity contribution in [2.45, 2.75) is 0 Å². The maximum atomic E-state index is 12.9. The summed E-state index contributed by atoms with van der Waals surface area (Å²) in [5.74, 6) is -0.298. The van der Waals surface area contributed by atoms with Gasteiger partial charge in [0.05, 0.1) is 12.8 Å². The third-order valence-corrected chi connectivity index (χ3v) is 3.27. The molecule has 0 radical (unpaired) electrons. The lowest BCUT2D eigenvalue weighted by molar-refractivity contribution is 0.628. The second-order valence-corrected chi connectivity index (χ2v) is 4.97. The fraction of sp³-hybridized carbons (Fsp3) is 0. The fourth-order valence-electron chi connectivity index (χ4n) is 1.76. The highest BCUT2D eigenvalue weighted by molar-refractivity contribution is 9.10. The maximum Gasteiger partial charge on any atom is 0.123 e. The van der Waals surface area contributed by atoms with Crippen LogP contribution in [0.3, 0.4) is 0 Å². The lowest BCUT2D eigenvalue weighted by Crippen LogP contribution is -1.94. The van der Waals surface area contributed by atoms with E-state index < -0.39 is 0 Å². The average Bonchev–Trinajstić information content (AvgIpc) is 2.82. The van der Waals surface area contributed by atoms with Gasteiger partial charge in [0.1, 0.15) is 5.82 Å². The molecule has 0 aliphatic rings. The van der Waals surface area contributed by atoms with Crippen LogP contribution < -0.4 is 0 Å². The van der Waals surface area contributed by atoms with E-state index in [-0.39, 0.29) is 5.82 Å². The molecule has 0 saturated carbocycles. The average molecular weight is 318 g/mol. The molecule has 1 heterocycles. The van der Waals surface area contributed by atoms with Gasteiger partial charge >= 0.3 is 0 Å². The third kappa shape index (κ3) is 2.58. The van der Waals surface area contributed by atoms with Gasteiger partial charge in [-0.3, -0.25) is 0 Å². The Bertz CT molecular complexity index is 736. The number of hydrogen-bond acceptors (Lipinski definition) is 1.